The highest BCUT2D eigenvalue weighted by Gasteiger charge is 2.36. The number of ether oxygens (including phenoxy) is 2. The average Bonchev–Trinajstić information content (AvgIpc) is 3.09. The molecule has 8 nitrogen and oxygen atoms in total. The number of carbonyl (C=O) groups excluding carboxylic acids is 2. The Balaban J connectivity index is 1.71. The number of amidine groups is 1. The minimum absolute atomic E-state index is 0.0319. The number of nitrogen functional groups attached to an aromatic ring is 1. The predicted octanol–water partition coefficient (Wildman–Crippen LogP) is 2.58. The van der Waals surface area contributed by atoms with E-state index in [-0.39, 0.29) is 11.9 Å². The number of benzene rings is 2. The number of carbonyl (C=O) groups is 2. The number of methoxy groups -OCH3 is 1. The van der Waals surface area contributed by atoms with E-state index in [2.05, 4.69) is 5.32 Å². The highest BCUT2D eigenvalue weighted by molar-refractivity contribution is 5.97. The minimum atomic E-state index is -0.449. The van der Waals surface area contributed by atoms with Gasteiger partial charge in [0.2, 0.25) is 0 Å². The number of anilines is 2. The Kier molecular flexibility index (Phi) is 5.49. The topological polar surface area (TPSA) is 118 Å². The second kappa shape index (κ2) is 7.99. The molecule has 1 amide bonds. The molecule has 2 aromatic carbocycles. The van der Waals surface area contributed by atoms with Crippen molar-refractivity contribution in [3.8, 4) is 0 Å². The number of nitrogens with zero attached hydrogens (tertiary/aromatic N) is 1. The van der Waals surface area contributed by atoms with Crippen LogP contribution in [0.2, 0.25) is 0 Å². The third-order valence-electron chi connectivity index (χ3n) is 4.60. The zero-order valence-electron chi connectivity index (χ0n) is 15.6. The molecule has 1 heterocycles. The molecule has 1 aliphatic heterocycles. The number of rotatable bonds is 6. The molecule has 1 aliphatic rings. The zero-order chi connectivity index (χ0) is 20.3. The summed E-state index contributed by atoms with van der Waals surface area (Å²) in [6.07, 6.45) is -0.860. The highest BCUT2D eigenvalue weighted by Crippen LogP contribution is 2.25. The van der Waals surface area contributed by atoms with Gasteiger partial charge in [0, 0.05) is 16.9 Å². The van der Waals surface area contributed by atoms with E-state index in [1.807, 2.05) is 13.0 Å². The van der Waals surface area contributed by atoms with Crippen molar-refractivity contribution in [2.45, 2.75) is 19.1 Å². The van der Waals surface area contributed by atoms with Crippen molar-refractivity contribution in [1.29, 1.82) is 5.41 Å². The lowest BCUT2D eigenvalue weighted by atomic mass is 10.1. The number of hydrogen-bond donors (Lipinski definition) is 3. The first-order valence-electron chi connectivity index (χ1n) is 8.77. The molecule has 0 saturated carbocycles. The Labute approximate surface area is 162 Å². The predicted molar refractivity (Wildman–Crippen MR) is 106 cm³/mol. The van der Waals surface area contributed by atoms with Crippen molar-refractivity contribution in [3.63, 3.8) is 0 Å². The van der Waals surface area contributed by atoms with Crippen LogP contribution in [0.4, 0.5) is 16.2 Å². The van der Waals surface area contributed by atoms with Gasteiger partial charge in [0.25, 0.3) is 0 Å². The summed E-state index contributed by atoms with van der Waals surface area (Å²) in [4.78, 5) is 25.8. The molecule has 1 saturated heterocycles. The standard InChI is InChI=1S/C20H22N4O4/c1-12(23-16-6-4-3-5-15(16)19(25)27-2)17-11-24(20(26)28-17)14-9-7-13(8-10-14)18(21)22/h3-10,12,17,23H,11H2,1-2H3,(H3,21,22). The van der Waals surface area contributed by atoms with Gasteiger partial charge < -0.3 is 20.5 Å². The number of hydrogen-bond acceptors (Lipinski definition) is 6. The molecule has 2 atom stereocenters. The van der Waals surface area contributed by atoms with Crippen LogP contribution in [0.25, 0.3) is 0 Å². The van der Waals surface area contributed by atoms with Crippen molar-refractivity contribution < 1.29 is 19.1 Å². The van der Waals surface area contributed by atoms with Gasteiger partial charge >= 0.3 is 12.1 Å². The molecule has 2 aromatic rings. The molecular formula is C20H22N4O4. The molecule has 0 aromatic heterocycles. The first-order chi connectivity index (χ1) is 13.4. The fraction of sp³-hybridized carbons (Fsp3) is 0.250. The lowest BCUT2D eigenvalue weighted by Gasteiger charge is -2.21. The van der Waals surface area contributed by atoms with Gasteiger partial charge in [-0.1, -0.05) is 12.1 Å². The van der Waals surface area contributed by atoms with Crippen LogP contribution in [0, 0.1) is 5.41 Å². The molecule has 1 fully saturated rings. The van der Waals surface area contributed by atoms with E-state index < -0.39 is 18.2 Å². The van der Waals surface area contributed by atoms with Crippen molar-refractivity contribution in [2.24, 2.45) is 5.73 Å². The fourth-order valence-corrected chi connectivity index (χ4v) is 3.01. The highest BCUT2D eigenvalue weighted by atomic mass is 16.6. The van der Waals surface area contributed by atoms with Gasteiger partial charge in [0.05, 0.1) is 25.3 Å². The Bertz CT molecular complexity index is 897. The monoisotopic (exact) mass is 382 g/mol. The summed E-state index contributed by atoms with van der Waals surface area (Å²) in [6, 6.07) is 13.6. The molecule has 2 unspecified atom stereocenters. The molecule has 0 radical (unpaired) electrons. The Morgan fingerprint density at radius 2 is 1.96 bits per heavy atom. The minimum Gasteiger partial charge on any atom is -0.465 e. The Morgan fingerprint density at radius 3 is 2.61 bits per heavy atom. The van der Waals surface area contributed by atoms with Crippen molar-refractivity contribution in [3.05, 3.63) is 59.7 Å². The van der Waals surface area contributed by atoms with E-state index >= 15 is 0 Å². The molecule has 146 valence electrons. The van der Waals surface area contributed by atoms with E-state index in [0.717, 1.165) is 0 Å². The number of amides is 1. The van der Waals surface area contributed by atoms with Gasteiger partial charge in [-0.25, -0.2) is 9.59 Å². The van der Waals surface area contributed by atoms with Gasteiger partial charge in [0.1, 0.15) is 11.9 Å². The maximum Gasteiger partial charge on any atom is 0.414 e. The summed E-state index contributed by atoms with van der Waals surface area (Å²) in [7, 11) is 1.33. The summed E-state index contributed by atoms with van der Waals surface area (Å²) in [5, 5.41) is 10.7. The first kappa shape index (κ1) is 19.2. The lowest BCUT2D eigenvalue weighted by molar-refractivity contribution is 0.0601. The fourth-order valence-electron chi connectivity index (χ4n) is 3.01. The van der Waals surface area contributed by atoms with Gasteiger partial charge in [0.15, 0.2) is 0 Å². The van der Waals surface area contributed by atoms with Crippen molar-refractivity contribution >= 4 is 29.3 Å². The largest absolute Gasteiger partial charge is 0.465 e. The van der Waals surface area contributed by atoms with Crippen LogP contribution in [0.5, 0.6) is 0 Å². The van der Waals surface area contributed by atoms with Crippen LogP contribution >= 0.6 is 0 Å². The van der Waals surface area contributed by atoms with Crippen molar-refractivity contribution in [2.75, 3.05) is 23.9 Å². The number of para-hydroxylation sites is 1. The number of nitrogens with two attached hydrogens (primary N) is 1. The number of esters is 1. The summed E-state index contributed by atoms with van der Waals surface area (Å²) < 4.78 is 10.3. The molecule has 0 spiro atoms. The molecule has 4 N–H and O–H groups in total. The third-order valence-corrected chi connectivity index (χ3v) is 4.60. The van der Waals surface area contributed by atoms with Crippen LogP contribution in [0.15, 0.2) is 48.5 Å². The zero-order valence-corrected chi connectivity index (χ0v) is 15.6. The smallest absolute Gasteiger partial charge is 0.414 e. The molecular weight excluding hydrogens is 360 g/mol. The normalized spacial score (nSPS) is 17.0. The first-order valence-corrected chi connectivity index (χ1v) is 8.77. The van der Waals surface area contributed by atoms with Crippen LogP contribution in [-0.2, 0) is 9.47 Å². The SMILES string of the molecule is COC(=O)c1ccccc1NC(C)C1CN(c2ccc(C(=N)N)cc2)C(=O)O1. The summed E-state index contributed by atoms with van der Waals surface area (Å²) >= 11 is 0. The van der Waals surface area contributed by atoms with Gasteiger partial charge in [-0.05, 0) is 43.3 Å². The summed E-state index contributed by atoms with van der Waals surface area (Å²) in [6.45, 7) is 2.24. The van der Waals surface area contributed by atoms with E-state index in [1.165, 1.54) is 12.0 Å². The molecule has 0 bridgehead atoms. The van der Waals surface area contributed by atoms with E-state index in [0.29, 0.717) is 29.0 Å². The quantitative estimate of drug-likeness (QED) is 0.401. The number of cyclic esters (lactones) is 1. The second-order valence-corrected chi connectivity index (χ2v) is 6.46. The summed E-state index contributed by atoms with van der Waals surface area (Å²) in [5.41, 5.74) is 7.74. The van der Waals surface area contributed by atoms with Gasteiger partial charge in [-0.15, -0.1) is 0 Å². The van der Waals surface area contributed by atoms with Crippen molar-refractivity contribution in [1.82, 2.24) is 0 Å². The Morgan fingerprint density at radius 1 is 1.29 bits per heavy atom. The second-order valence-electron chi connectivity index (χ2n) is 6.46. The van der Waals surface area contributed by atoms with E-state index in [4.69, 9.17) is 20.6 Å². The van der Waals surface area contributed by atoms with Crippen LogP contribution in [0.3, 0.4) is 0 Å². The van der Waals surface area contributed by atoms with E-state index in [9.17, 15) is 9.59 Å². The average molecular weight is 382 g/mol. The Hall–Kier alpha value is -3.55. The molecule has 28 heavy (non-hydrogen) atoms. The van der Waals surface area contributed by atoms with Crippen LogP contribution in [-0.4, -0.2) is 43.7 Å². The maximum atomic E-state index is 12.3. The summed E-state index contributed by atoms with van der Waals surface area (Å²) in [5.74, 6) is -0.471. The lowest BCUT2D eigenvalue weighted by Crippen LogP contribution is -2.35. The van der Waals surface area contributed by atoms with Crippen LogP contribution in [0.1, 0.15) is 22.8 Å². The van der Waals surface area contributed by atoms with Gasteiger partial charge in [-0.3, -0.25) is 10.3 Å². The molecule has 3 rings (SSSR count). The van der Waals surface area contributed by atoms with E-state index in [1.54, 1.807) is 42.5 Å². The maximum absolute atomic E-state index is 12.3. The molecule has 0 aliphatic carbocycles. The number of nitrogens with one attached hydrogen (secondary N) is 2. The van der Waals surface area contributed by atoms with Crippen LogP contribution < -0.4 is 16.0 Å². The van der Waals surface area contributed by atoms with Gasteiger partial charge in [-0.2, -0.15) is 0 Å². The molecule has 8 heteroatoms. The third kappa shape index (κ3) is 3.90.